The highest BCUT2D eigenvalue weighted by Gasteiger charge is 2.27. The average Bonchev–Trinajstić information content (AvgIpc) is 2.62. The summed E-state index contributed by atoms with van der Waals surface area (Å²) in [6.45, 7) is 5.84. The van der Waals surface area contributed by atoms with Gasteiger partial charge in [-0.1, -0.05) is 0 Å². The van der Waals surface area contributed by atoms with Crippen LogP contribution in [0, 0.1) is 0 Å². The zero-order chi connectivity index (χ0) is 16.9. The number of nitrogens with zero attached hydrogens (tertiary/aromatic N) is 3. The molecular formula is C17H25N3O4. The number of aliphatic hydroxyl groups excluding tert-OH is 1. The largest absolute Gasteiger partial charge is 0.497 e. The van der Waals surface area contributed by atoms with Crippen LogP contribution >= 0.6 is 0 Å². The molecule has 0 aromatic heterocycles. The zero-order valence-electron chi connectivity index (χ0n) is 14.1. The fourth-order valence-electron chi connectivity index (χ4n) is 3.17. The third kappa shape index (κ3) is 3.80. The molecule has 2 aliphatic rings. The minimum absolute atomic E-state index is 0.0865. The molecule has 7 nitrogen and oxygen atoms in total. The van der Waals surface area contributed by atoms with Crippen LogP contribution in [0.15, 0.2) is 18.2 Å². The van der Waals surface area contributed by atoms with E-state index in [1.807, 2.05) is 18.2 Å². The summed E-state index contributed by atoms with van der Waals surface area (Å²) in [5.74, 6) is 1.53. The molecule has 0 bridgehead atoms. The molecule has 0 atom stereocenters. The molecule has 1 aromatic rings. The van der Waals surface area contributed by atoms with Crippen LogP contribution in [-0.4, -0.2) is 87.0 Å². The molecule has 0 aliphatic carbocycles. The van der Waals surface area contributed by atoms with Crippen molar-refractivity contribution in [3.8, 4) is 11.5 Å². The number of methoxy groups -OCH3 is 1. The summed E-state index contributed by atoms with van der Waals surface area (Å²) in [5.41, 5.74) is 0.782. The van der Waals surface area contributed by atoms with Gasteiger partial charge >= 0.3 is 0 Å². The summed E-state index contributed by atoms with van der Waals surface area (Å²) in [7, 11) is 1.61. The second kappa shape index (κ2) is 7.83. The molecule has 1 amide bonds. The van der Waals surface area contributed by atoms with Crippen molar-refractivity contribution in [2.45, 2.75) is 0 Å². The molecule has 1 N–H and O–H groups in total. The van der Waals surface area contributed by atoms with Crippen molar-refractivity contribution in [1.82, 2.24) is 9.80 Å². The van der Waals surface area contributed by atoms with Crippen LogP contribution in [0.1, 0.15) is 0 Å². The van der Waals surface area contributed by atoms with E-state index >= 15 is 0 Å². The maximum atomic E-state index is 12.8. The molecule has 1 fully saturated rings. The number of amides is 1. The molecule has 24 heavy (non-hydrogen) atoms. The number of carbonyl (C=O) groups is 1. The van der Waals surface area contributed by atoms with E-state index in [4.69, 9.17) is 14.6 Å². The van der Waals surface area contributed by atoms with E-state index < -0.39 is 0 Å². The number of hydrogen-bond acceptors (Lipinski definition) is 6. The number of fused-ring (bicyclic) bond motifs is 1. The Morgan fingerprint density at radius 1 is 1.21 bits per heavy atom. The highest BCUT2D eigenvalue weighted by atomic mass is 16.5. The van der Waals surface area contributed by atoms with Crippen LogP contribution in [-0.2, 0) is 4.79 Å². The first kappa shape index (κ1) is 17.0. The summed E-state index contributed by atoms with van der Waals surface area (Å²) in [6, 6.07) is 5.54. The van der Waals surface area contributed by atoms with Gasteiger partial charge in [-0.05, 0) is 12.1 Å². The Balaban J connectivity index is 1.62. The highest BCUT2D eigenvalue weighted by Crippen LogP contribution is 2.35. The first-order valence-electron chi connectivity index (χ1n) is 8.38. The summed E-state index contributed by atoms with van der Waals surface area (Å²) >= 11 is 0. The van der Waals surface area contributed by atoms with Crippen molar-refractivity contribution >= 4 is 11.6 Å². The maximum Gasteiger partial charge on any atom is 0.241 e. The molecule has 1 saturated heterocycles. The lowest BCUT2D eigenvalue weighted by atomic mass is 10.2. The van der Waals surface area contributed by atoms with E-state index in [0.29, 0.717) is 26.2 Å². The number of anilines is 1. The molecule has 0 unspecified atom stereocenters. The van der Waals surface area contributed by atoms with Crippen molar-refractivity contribution in [2.24, 2.45) is 0 Å². The topological polar surface area (TPSA) is 65.5 Å². The Morgan fingerprint density at radius 3 is 2.67 bits per heavy atom. The first-order chi connectivity index (χ1) is 11.7. The lowest BCUT2D eigenvalue weighted by Crippen LogP contribution is -2.51. The van der Waals surface area contributed by atoms with E-state index in [9.17, 15) is 4.79 Å². The van der Waals surface area contributed by atoms with Gasteiger partial charge in [-0.15, -0.1) is 0 Å². The fourth-order valence-corrected chi connectivity index (χ4v) is 3.17. The number of piperazine rings is 1. The normalized spacial score (nSPS) is 18.8. The zero-order valence-corrected chi connectivity index (χ0v) is 14.1. The summed E-state index contributed by atoms with van der Waals surface area (Å²) in [6.07, 6.45) is 0. The minimum Gasteiger partial charge on any atom is -0.497 e. The van der Waals surface area contributed by atoms with Crippen molar-refractivity contribution in [3.05, 3.63) is 18.2 Å². The third-order valence-corrected chi connectivity index (χ3v) is 4.57. The molecule has 7 heteroatoms. The monoisotopic (exact) mass is 335 g/mol. The molecule has 3 rings (SSSR count). The van der Waals surface area contributed by atoms with Gasteiger partial charge in [-0.25, -0.2) is 0 Å². The van der Waals surface area contributed by atoms with E-state index in [0.717, 1.165) is 43.4 Å². The van der Waals surface area contributed by atoms with E-state index in [1.165, 1.54) is 0 Å². The molecule has 132 valence electrons. The Bertz CT molecular complexity index is 573. The number of carbonyl (C=O) groups excluding carboxylic acids is 1. The Morgan fingerprint density at radius 2 is 1.96 bits per heavy atom. The van der Waals surface area contributed by atoms with Gasteiger partial charge in [0.15, 0.2) is 0 Å². The predicted molar refractivity (Wildman–Crippen MR) is 90.8 cm³/mol. The predicted octanol–water partition coefficient (Wildman–Crippen LogP) is 0.0305. The van der Waals surface area contributed by atoms with E-state index in [2.05, 4.69) is 9.80 Å². The fraction of sp³-hybridized carbons (Fsp3) is 0.588. The van der Waals surface area contributed by atoms with Gasteiger partial charge in [0, 0.05) is 38.8 Å². The van der Waals surface area contributed by atoms with Crippen LogP contribution in [0.4, 0.5) is 5.69 Å². The standard InChI is InChI=1S/C17H25N3O4/c1-23-14-2-3-16-15(12-14)20(9-11-24-16)17(22)13-19-6-4-18(5-7-19)8-10-21/h2-3,12,21H,4-11,13H2,1H3. The molecular weight excluding hydrogens is 310 g/mol. The summed E-state index contributed by atoms with van der Waals surface area (Å²) in [4.78, 5) is 19.0. The molecule has 2 heterocycles. The van der Waals surface area contributed by atoms with Crippen molar-refractivity contribution < 1.29 is 19.4 Å². The maximum absolute atomic E-state index is 12.8. The first-order valence-corrected chi connectivity index (χ1v) is 8.38. The average molecular weight is 335 g/mol. The van der Waals surface area contributed by atoms with Gasteiger partial charge in [0.25, 0.3) is 0 Å². The van der Waals surface area contributed by atoms with Gasteiger partial charge in [-0.2, -0.15) is 0 Å². The smallest absolute Gasteiger partial charge is 0.241 e. The molecule has 0 saturated carbocycles. The summed E-state index contributed by atoms with van der Waals surface area (Å²) < 4.78 is 10.9. The van der Waals surface area contributed by atoms with E-state index in [-0.39, 0.29) is 12.5 Å². The number of benzene rings is 1. The second-order valence-corrected chi connectivity index (χ2v) is 6.07. The lowest BCUT2D eigenvalue weighted by molar-refractivity contribution is -0.120. The van der Waals surface area contributed by atoms with Gasteiger partial charge in [0.05, 0.1) is 32.5 Å². The SMILES string of the molecule is COc1ccc2c(c1)N(C(=O)CN1CCN(CCO)CC1)CCO2. The van der Waals surface area contributed by atoms with Gasteiger partial charge in [0.2, 0.25) is 5.91 Å². The van der Waals surface area contributed by atoms with Crippen LogP contribution in [0.25, 0.3) is 0 Å². The quantitative estimate of drug-likeness (QED) is 0.819. The lowest BCUT2D eigenvalue weighted by Gasteiger charge is -2.36. The number of aliphatic hydroxyl groups is 1. The molecule has 0 spiro atoms. The van der Waals surface area contributed by atoms with Crippen molar-refractivity contribution in [3.63, 3.8) is 0 Å². The second-order valence-electron chi connectivity index (χ2n) is 6.07. The van der Waals surface area contributed by atoms with Crippen LogP contribution in [0.2, 0.25) is 0 Å². The minimum atomic E-state index is 0.0865. The van der Waals surface area contributed by atoms with Crippen LogP contribution < -0.4 is 14.4 Å². The van der Waals surface area contributed by atoms with Crippen LogP contribution in [0.5, 0.6) is 11.5 Å². The Labute approximate surface area is 142 Å². The molecule has 0 radical (unpaired) electrons. The van der Waals surface area contributed by atoms with Gasteiger partial charge in [-0.3, -0.25) is 14.6 Å². The molecule has 1 aromatic carbocycles. The molecule has 2 aliphatic heterocycles. The number of rotatable bonds is 5. The highest BCUT2D eigenvalue weighted by molar-refractivity contribution is 5.96. The Kier molecular flexibility index (Phi) is 5.55. The number of ether oxygens (including phenoxy) is 2. The van der Waals surface area contributed by atoms with Crippen molar-refractivity contribution in [1.29, 1.82) is 0 Å². The van der Waals surface area contributed by atoms with Crippen LogP contribution in [0.3, 0.4) is 0 Å². The van der Waals surface area contributed by atoms with Gasteiger partial charge in [0.1, 0.15) is 18.1 Å². The number of β-amino-alcohol motifs (C(OH)–C–C–N with tert-alkyl or cyclic N) is 1. The third-order valence-electron chi connectivity index (χ3n) is 4.57. The van der Waals surface area contributed by atoms with Gasteiger partial charge < -0.3 is 19.5 Å². The Hall–Kier alpha value is -1.83. The number of hydrogen-bond donors (Lipinski definition) is 1. The summed E-state index contributed by atoms with van der Waals surface area (Å²) in [5, 5.41) is 9.00. The van der Waals surface area contributed by atoms with Crippen molar-refractivity contribution in [2.75, 3.05) is 71.0 Å². The van der Waals surface area contributed by atoms with E-state index in [1.54, 1.807) is 12.0 Å².